The van der Waals surface area contributed by atoms with Crippen LogP contribution in [-0.2, 0) is 13.5 Å². The van der Waals surface area contributed by atoms with Gasteiger partial charge >= 0.3 is 0 Å². The number of nitrogens with zero attached hydrogens (tertiary/aromatic N) is 4. The van der Waals surface area contributed by atoms with Crippen LogP contribution >= 0.6 is 0 Å². The number of fused-ring (bicyclic) bond motifs is 1. The molecule has 7 nitrogen and oxygen atoms in total. The van der Waals surface area contributed by atoms with E-state index in [-0.39, 0.29) is 5.75 Å². The van der Waals surface area contributed by atoms with E-state index in [1.54, 1.807) is 18.3 Å². The number of rotatable bonds is 6. The number of benzene rings is 2. The van der Waals surface area contributed by atoms with E-state index in [0.29, 0.717) is 11.9 Å². The van der Waals surface area contributed by atoms with Crippen LogP contribution in [0.5, 0.6) is 5.75 Å². The molecule has 4 rings (SSSR count). The Hall–Kier alpha value is -3.61. The molecule has 136 valence electrons. The second kappa shape index (κ2) is 7.33. The molecular formula is C20H20N6O. The topological polar surface area (TPSA) is 87.9 Å². The minimum absolute atomic E-state index is 0.278. The summed E-state index contributed by atoms with van der Waals surface area (Å²) in [5.74, 6) is 2.20. The Morgan fingerprint density at radius 3 is 2.63 bits per heavy atom. The first kappa shape index (κ1) is 16.8. The van der Waals surface area contributed by atoms with Crippen LogP contribution in [0.3, 0.4) is 0 Å². The Balaban J connectivity index is 1.42. The fourth-order valence-corrected chi connectivity index (χ4v) is 2.87. The maximum absolute atomic E-state index is 9.33. The highest BCUT2D eigenvalue weighted by atomic mass is 16.3. The van der Waals surface area contributed by atoms with Gasteiger partial charge < -0.3 is 15.0 Å². The monoisotopic (exact) mass is 360 g/mol. The van der Waals surface area contributed by atoms with E-state index in [2.05, 4.69) is 25.6 Å². The molecule has 2 aromatic carbocycles. The molecular weight excluding hydrogens is 340 g/mol. The van der Waals surface area contributed by atoms with Crippen molar-refractivity contribution in [2.24, 2.45) is 7.05 Å². The Morgan fingerprint density at radius 2 is 1.81 bits per heavy atom. The summed E-state index contributed by atoms with van der Waals surface area (Å²) >= 11 is 0. The van der Waals surface area contributed by atoms with Crippen LogP contribution in [0.15, 0.2) is 60.8 Å². The van der Waals surface area contributed by atoms with Crippen molar-refractivity contribution in [2.45, 2.75) is 6.42 Å². The molecule has 0 saturated heterocycles. The molecule has 3 N–H and O–H groups in total. The number of nitrogens with one attached hydrogen (secondary N) is 2. The Kier molecular flexibility index (Phi) is 4.57. The van der Waals surface area contributed by atoms with Crippen molar-refractivity contribution in [2.75, 3.05) is 17.2 Å². The molecule has 2 aromatic heterocycles. The van der Waals surface area contributed by atoms with Crippen molar-refractivity contribution in [3.8, 4) is 5.75 Å². The van der Waals surface area contributed by atoms with Gasteiger partial charge in [-0.05, 0) is 42.3 Å². The summed E-state index contributed by atoms with van der Waals surface area (Å²) < 4.78 is 1.98. The van der Waals surface area contributed by atoms with Crippen molar-refractivity contribution in [3.05, 3.63) is 66.4 Å². The third-order valence-electron chi connectivity index (χ3n) is 4.32. The maximum atomic E-state index is 9.33. The predicted octanol–water partition coefficient (Wildman–Crippen LogP) is 3.47. The molecule has 7 heteroatoms. The van der Waals surface area contributed by atoms with E-state index in [4.69, 9.17) is 0 Å². The molecule has 0 aliphatic heterocycles. The third kappa shape index (κ3) is 3.82. The van der Waals surface area contributed by atoms with E-state index in [1.807, 2.05) is 54.1 Å². The van der Waals surface area contributed by atoms with E-state index >= 15 is 0 Å². The van der Waals surface area contributed by atoms with Gasteiger partial charge in [0.2, 0.25) is 11.9 Å². The summed E-state index contributed by atoms with van der Waals surface area (Å²) in [5.41, 5.74) is 3.11. The summed E-state index contributed by atoms with van der Waals surface area (Å²) in [6.07, 6.45) is 2.54. The second-order valence-corrected chi connectivity index (χ2v) is 6.22. The molecule has 0 bridgehead atoms. The van der Waals surface area contributed by atoms with Crippen LogP contribution < -0.4 is 10.6 Å². The molecule has 0 spiro atoms. The summed E-state index contributed by atoms with van der Waals surface area (Å²) in [5, 5.41) is 15.8. The van der Waals surface area contributed by atoms with Crippen LogP contribution in [0, 0.1) is 0 Å². The molecule has 0 aliphatic carbocycles. The highest BCUT2D eigenvalue weighted by molar-refractivity contribution is 5.79. The first-order chi connectivity index (χ1) is 13.2. The molecule has 2 heterocycles. The first-order valence-electron chi connectivity index (χ1n) is 8.72. The van der Waals surface area contributed by atoms with Crippen molar-refractivity contribution in [3.63, 3.8) is 0 Å². The normalized spacial score (nSPS) is 10.9. The standard InChI is InChI=1S/C20H20N6O/c1-26-17-5-3-2-4-16(17)23-20(26)25-19-22-13-11-18(24-19)21-12-10-14-6-8-15(27)9-7-14/h2-9,11,13,27H,10,12H2,1H3,(H2,21,22,23,24,25). The van der Waals surface area contributed by atoms with E-state index in [0.717, 1.165) is 35.4 Å². The average molecular weight is 360 g/mol. The van der Waals surface area contributed by atoms with Gasteiger partial charge in [-0.25, -0.2) is 9.97 Å². The quantitative estimate of drug-likeness (QED) is 0.488. The number of hydrogen-bond donors (Lipinski definition) is 3. The summed E-state index contributed by atoms with van der Waals surface area (Å²) in [6.45, 7) is 0.730. The van der Waals surface area contributed by atoms with Gasteiger partial charge in [0.15, 0.2) is 0 Å². The zero-order valence-corrected chi connectivity index (χ0v) is 14.9. The number of aromatic nitrogens is 4. The number of phenolic OH excluding ortho intramolecular Hbond substituents is 1. The lowest BCUT2D eigenvalue weighted by Crippen LogP contribution is -2.08. The van der Waals surface area contributed by atoms with Crippen molar-refractivity contribution >= 4 is 28.7 Å². The highest BCUT2D eigenvalue weighted by Crippen LogP contribution is 2.20. The van der Waals surface area contributed by atoms with Gasteiger partial charge in [0.05, 0.1) is 11.0 Å². The zero-order chi connectivity index (χ0) is 18.6. The lowest BCUT2D eigenvalue weighted by molar-refractivity contribution is 0.475. The molecule has 0 fully saturated rings. The Bertz CT molecular complexity index is 1060. The third-order valence-corrected chi connectivity index (χ3v) is 4.32. The SMILES string of the molecule is Cn1c(Nc2nccc(NCCc3ccc(O)cc3)n2)nc2ccccc21. The number of anilines is 3. The number of hydrogen-bond acceptors (Lipinski definition) is 6. The molecule has 0 amide bonds. The van der Waals surface area contributed by atoms with Crippen molar-refractivity contribution < 1.29 is 5.11 Å². The molecule has 0 saturated carbocycles. The van der Waals surface area contributed by atoms with Crippen LogP contribution in [0.25, 0.3) is 11.0 Å². The lowest BCUT2D eigenvalue weighted by atomic mass is 10.1. The van der Waals surface area contributed by atoms with Gasteiger partial charge in [-0.3, -0.25) is 5.32 Å². The van der Waals surface area contributed by atoms with Crippen LogP contribution in [0.2, 0.25) is 0 Å². The van der Waals surface area contributed by atoms with Gasteiger partial charge in [-0.1, -0.05) is 24.3 Å². The molecule has 4 aromatic rings. The van der Waals surface area contributed by atoms with Gasteiger partial charge in [0.1, 0.15) is 11.6 Å². The smallest absolute Gasteiger partial charge is 0.231 e. The number of para-hydroxylation sites is 2. The minimum Gasteiger partial charge on any atom is -0.508 e. The van der Waals surface area contributed by atoms with Crippen molar-refractivity contribution in [1.82, 2.24) is 19.5 Å². The van der Waals surface area contributed by atoms with Crippen LogP contribution in [0.1, 0.15) is 5.56 Å². The molecule has 0 radical (unpaired) electrons. The Labute approximate surface area is 156 Å². The lowest BCUT2D eigenvalue weighted by Gasteiger charge is -2.08. The number of aromatic hydroxyl groups is 1. The fraction of sp³-hybridized carbons (Fsp3) is 0.150. The molecule has 0 atom stereocenters. The fourth-order valence-electron chi connectivity index (χ4n) is 2.87. The van der Waals surface area contributed by atoms with E-state index in [1.165, 1.54) is 0 Å². The van der Waals surface area contributed by atoms with Gasteiger partial charge in [0, 0.05) is 19.8 Å². The van der Waals surface area contributed by atoms with Crippen LogP contribution in [0.4, 0.5) is 17.7 Å². The number of imidazole rings is 1. The zero-order valence-electron chi connectivity index (χ0n) is 14.9. The molecule has 27 heavy (non-hydrogen) atoms. The summed E-state index contributed by atoms with van der Waals surface area (Å²) in [6, 6.07) is 17.0. The van der Waals surface area contributed by atoms with Gasteiger partial charge in [0.25, 0.3) is 0 Å². The summed E-state index contributed by atoms with van der Waals surface area (Å²) in [7, 11) is 1.96. The van der Waals surface area contributed by atoms with E-state index < -0.39 is 0 Å². The molecule has 0 aliphatic rings. The predicted molar refractivity (Wildman–Crippen MR) is 106 cm³/mol. The van der Waals surface area contributed by atoms with Crippen molar-refractivity contribution in [1.29, 1.82) is 0 Å². The Morgan fingerprint density at radius 1 is 1.00 bits per heavy atom. The highest BCUT2D eigenvalue weighted by Gasteiger charge is 2.08. The van der Waals surface area contributed by atoms with Gasteiger partial charge in [-0.2, -0.15) is 4.98 Å². The van der Waals surface area contributed by atoms with E-state index in [9.17, 15) is 5.11 Å². The first-order valence-corrected chi connectivity index (χ1v) is 8.72. The second-order valence-electron chi connectivity index (χ2n) is 6.22. The maximum Gasteiger partial charge on any atom is 0.231 e. The number of aryl methyl sites for hydroxylation is 1. The largest absolute Gasteiger partial charge is 0.508 e. The summed E-state index contributed by atoms with van der Waals surface area (Å²) in [4.78, 5) is 13.4. The molecule has 0 unspecified atom stereocenters. The van der Waals surface area contributed by atoms with Crippen LogP contribution in [-0.4, -0.2) is 31.2 Å². The average Bonchev–Trinajstić information content (AvgIpc) is 3.00. The minimum atomic E-state index is 0.278. The number of phenols is 1. The van der Waals surface area contributed by atoms with Gasteiger partial charge in [-0.15, -0.1) is 0 Å².